The molecule has 0 saturated heterocycles. The van der Waals surface area contributed by atoms with Crippen LogP contribution < -0.4 is 5.56 Å². The minimum absolute atomic E-state index is 0.168. The number of nitrogens with one attached hydrogen (secondary N) is 1. The van der Waals surface area contributed by atoms with Crippen molar-refractivity contribution in [1.29, 1.82) is 0 Å². The minimum atomic E-state index is -0.168. The van der Waals surface area contributed by atoms with Gasteiger partial charge in [0.05, 0.1) is 5.69 Å². The number of rotatable bonds is 2. The van der Waals surface area contributed by atoms with Gasteiger partial charge in [0.25, 0.3) is 5.56 Å². The number of aromatic nitrogens is 3. The van der Waals surface area contributed by atoms with E-state index in [1.807, 2.05) is 26.8 Å². The summed E-state index contributed by atoms with van der Waals surface area (Å²) in [7, 11) is 0. The zero-order valence-corrected chi connectivity index (χ0v) is 12.1. The molecule has 0 radical (unpaired) electrons. The summed E-state index contributed by atoms with van der Waals surface area (Å²) in [5.74, 6) is 0.526. The van der Waals surface area contributed by atoms with Gasteiger partial charge in [0.2, 0.25) is 0 Å². The van der Waals surface area contributed by atoms with Crippen molar-refractivity contribution in [2.45, 2.75) is 27.2 Å². The van der Waals surface area contributed by atoms with Gasteiger partial charge in [-0.3, -0.25) is 9.78 Å². The number of halogens is 1. The standard InChI is InChI=1S/C13H14BrN3O/c1-4-9-10(14)13(18)17-12(16-9)11-8(3)5-7(2)6-15-11/h5-6H,4H2,1-3H3,(H,16,17,18). The van der Waals surface area contributed by atoms with Gasteiger partial charge in [0, 0.05) is 6.20 Å². The Morgan fingerprint density at radius 3 is 2.72 bits per heavy atom. The van der Waals surface area contributed by atoms with E-state index in [2.05, 4.69) is 30.9 Å². The topological polar surface area (TPSA) is 58.6 Å². The highest BCUT2D eigenvalue weighted by molar-refractivity contribution is 9.10. The zero-order valence-electron chi connectivity index (χ0n) is 10.5. The Bertz CT molecular complexity index is 649. The SMILES string of the molecule is CCc1nc(-c2ncc(C)cc2C)[nH]c(=O)c1Br. The van der Waals surface area contributed by atoms with Crippen LogP contribution in [-0.4, -0.2) is 15.0 Å². The fraction of sp³-hybridized carbons (Fsp3) is 0.308. The molecule has 0 aliphatic carbocycles. The molecule has 2 heterocycles. The molecule has 2 rings (SSSR count). The summed E-state index contributed by atoms with van der Waals surface area (Å²) >= 11 is 3.25. The first-order valence-corrected chi connectivity index (χ1v) is 6.54. The Morgan fingerprint density at radius 1 is 1.39 bits per heavy atom. The predicted molar refractivity (Wildman–Crippen MR) is 74.6 cm³/mol. The molecular formula is C13H14BrN3O. The summed E-state index contributed by atoms with van der Waals surface area (Å²) < 4.78 is 0.499. The normalized spacial score (nSPS) is 10.7. The molecule has 0 bridgehead atoms. The molecule has 1 N–H and O–H groups in total. The lowest BCUT2D eigenvalue weighted by molar-refractivity contribution is 0.960. The first-order chi connectivity index (χ1) is 8.52. The maximum absolute atomic E-state index is 11.8. The molecule has 0 aliphatic rings. The molecule has 0 spiro atoms. The van der Waals surface area contributed by atoms with Gasteiger partial charge in [-0.1, -0.05) is 13.0 Å². The highest BCUT2D eigenvalue weighted by Crippen LogP contribution is 2.19. The highest BCUT2D eigenvalue weighted by atomic mass is 79.9. The number of aromatic amines is 1. The van der Waals surface area contributed by atoms with E-state index in [0.29, 0.717) is 16.7 Å². The van der Waals surface area contributed by atoms with Crippen LogP contribution in [0.3, 0.4) is 0 Å². The number of pyridine rings is 1. The van der Waals surface area contributed by atoms with Crippen LogP contribution in [0.4, 0.5) is 0 Å². The maximum Gasteiger partial charge on any atom is 0.265 e. The third kappa shape index (κ3) is 2.36. The molecule has 94 valence electrons. The largest absolute Gasteiger partial charge is 0.304 e. The lowest BCUT2D eigenvalue weighted by atomic mass is 10.1. The minimum Gasteiger partial charge on any atom is -0.304 e. The number of hydrogen-bond donors (Lipinski definition) is 1. The van der Waals surface area contributed by atoms with Crippen LogP contribution in [-0.2, 0) is 6.42 Å². The highest BCUT2D eigenvalue weighted by Gasteiger charge is 2.11. The van der Waals surface area contributed by atoms with Crippen molar-refractivity contribution in [3.63, 3.8) is 0 Å². The molecule has 2 aromatic heterocycles. The monoisotopic (exact) mass is 307 g/mol. The summed E-state index contributed by atoms with van der Waals surface area (Å²) in [6.07, 6.45) is 2.47. The van der Waals surface area contributed by atoms with Gasteiger partial charge in [-0.25, -0.2) is 4.98 Å². The van der Waals surface area contributed by atoms with Gasteiger partial charge >= 0.3 is 0 Å². The summed E-state index contributed by atoms with van der Waals surface area (Å²) in [6, 6.07) is 2.02. The lowest BCUT2D eigenvalue weighted by Crippen LogP contribution is -2.14. The second kappa shape index (κ2) is 5.02. The Kier molecular flexibility index (Phi) is 3.61. The van der Waals surface area contributed by atoms with Crippen LogP contribution in [0.1, 0.15) is 23.7 Å². The number of nitrogens with zero attached hydrogens (tertiary/aromatic N) is 2. The van der Waals surface area contributed by atoms with E-state index in [1.54, 1.807) is 6.20 Å². The third-order valence-electron chi connectivity index (χ3n) is 2.71. The zero-order chi connectivity index (χ0) is 13.3. The predicted octanol–water partition coefficient (Wildman–Crippen LogP) is 2.77. The second-order valence-electron chi connectivity index (χ2n) is 4.21. The molecule has 0 aliphatic heterocycles. The Labute approximate surface area is 114 Å². The number of hydrogen-bond acceptors (Lipinski definition) is 3. The second-order valence-corrected chi connectivity index (χ2v) is 5.00. The quantitative estimate of drug-likeness (QED) is 0.928. The summed E-state index contributed by atoms with van der Waals surface area (Å²) in [6.45, 7) is 5.91. The van der Waals surface area contributed by atoms with Crippen molar-refractivity contribution in [2.75, 3.05) is 0 Å². The van der Waals surface area contributed by atoms with Crippen molar-refractivity contribution >= 4 is 15.9 Å². The molecule has 0 atom stereocenters. The molecule has 0 saturated carbocycles. The molecule has 18 heavy (non-hydrogen) atoms. The van der Waals surface area contributed by atoms with Gasteiger partial charge in [-0.15, -0.1) is 0 Å². The van der Waals surface area contributed by atoms with Crippen LogP contribution in [0.2, 0.25) is 0 Å². The van der Waals surface area contributed by atoms with Crippen LogP contribution in [0.25, 0.3) is 11.5 Å². The van der Waals surface area contributed by atoms with Crippen LogP contribution in [0, 0.1) is 13.8 Å². The van der Waals surface area contributed by atoms with Crippen molar-refractivity contribution < 1.29 is 0 Å². The first kappa shape index (κ1) is 13.0. The van der Waals surface area contributed by atoms with Crippen molar-refractivity contribution in [3.8, 4) is 11.5 Å². The number of aryl methyl sites for hydroxylation is 3. The molecular weight excluding hydrogens is 294 g/mol. The molecule has 2 aromatic rings. The number of H-pyrrole nitrogens is 1. The Morgan fingerprint density at radius 2 is 2.11 bits per heavy atom. The molecule has 0 unspecified atom stereocenters. The van der Waals surface area contributed by atoms with Gasteiger partial charge in [0.15, 0.2) is 5.82 Å². The summed E-state index contributed by atoms with van der Waals surface area (Å²) in [4.78, 5) is 23.3. The van der Waals surface area contributed by atoms with Crippen molar-refractivity contribution in [1.82, 2.24) is 15.0 Å². The Balaban J connectivity index is 2.64. The molecule has 0 aromatic carbocycles. The summed E-state index contributed by atoms with van der Waals surface area (Å²) in [5.41, 5.74) is 3.39. The average molecular weight is 308 g/mol. The maximum atomic E-state index is 11.8. The Hall–Kier alpha value is -1.49. The van der Waals surface area contributed by atoms with Gasteiger partial charge in [-0.05, 0) is 47.3 Å². The van der Waals surface area contributed by atoms with E-state index in [9.17, 15) is 4.79 Å². The molecule has 5 heteroatoms. The lowest BCUT2D eigenvalue weighted by Gasteiger charge is -2.07. The van der Waals surface area contributed by atoms with E-state index in [1.165, 1.54) is 0 Å². The summed E-state index contributed by atoms with van der Waals surface area (Å²) in [5, 5.41) is 0. The van der Waals surface area contributed by atoms with Gasteiger partial charge in [0.1, 0.15) is 10.2 Å². The van der Waals surface area contributed by atoms with Gasteiger partial charge in [-0.2, -0.15) is 0 Å². The smallest absolute Gasteiger partial charge is 0.265 e. The first-order valence-electron chi connectivity index (χ1n) is 5.75. The fourth-order valence-corrected chi connectivity index (χ4v) is 2.28. The fourth-order valence-electron chi connectivity index (χ4n) is 1.82. The van der Waals surface area contributed by atoms with E-state index < -0.39 is 0 Å². The van der Waals surface area contributed by atoms with E-state index in [0.717, 1.165) is 22.5 Å². The van der Waals surface area contributed by atoms with E-state index in [4.69, 9.17) is 0 Å². The van der Waals surface area contributed by atoms with Crippen LogP contribution in [0.15, 0.2) is 21.5 Å². The van der Waals surface area contributed by atoms with E-state index >= 15 is 0 Å². The average Bonchev–Trinajstić information content (AvgIpc) is 2.32. The van der Waals surface area contributed by atoms with E-state index in [-0.39, 0.29) is 5.56 Å². The van der Waals surface area contributed by atoms with Crippen molar-refractivity contribution in [2.24, 2.45) is 0 Å². The van der Waals surface area contributed by atoms with Crippen LogP contribution in [0.5, 0.6) is 0 Å². The molecule has 0 fully saturated rings. The molecule has 4 nitrogen and oxygen atoms in total. The van der Waals surface area contributed by atoms with Crippen LogP contribution >= 0.6 is 15.9 Å². The molecule has 0 amide bonds. The van der Waals surface area contributed by atoms with Gasteiger partial charge < -0.3 is 4.98 Å². The van der Waals surface area contributed by atoms with Crippen molar-refractivity contribution in [3.05, 3.63) is 43.9 Å². The third-order valence-corrected chi connectivity index (χ3v) is 3.52.